The normalized spacial score (nSPS) is 17.1. The van der Waals surface area contributed by atoms with E-state index in [0.717, 1.165) is 19.6 Å². The number of nitrogens with one attached hydrogen (secondary N) is 2. The molecule has 0 bridgehead atoms. The SMILES string of the molecule is CC(C)CN1CCOC(CNC(=O)c2ccccc2NC(=O)c2ccccc2)C1. The van der Waals surface area contributed by atoms with Crippen LogP contribution in [0.1, 0.15) is 34.6 Å². The van der Waals surface area contributed by atoms with Gasteiger partial charge in [0.15, 0.2) is 0 Å². The molecule has 1 heterocycles. The van der Waals surface area contributed by atoms with Gasteiger partial charge in [0.1, 0.15) is 0 Å². The molecule has 2 aromatic rings. The minimum atomic E-state index is -0.245. The van der Waals surface area contributed by atoms with Crippen LogP contribution in [-0.4, -0.2) is 55.6 Å². The van der Waals surface area contributed by atoms with Crippen LogP contribution in [0.5, 0.6) is 0 Å². The minimum Gasteiger partial charge on any atom is -0.374 e. The number of amides is 2. The standard InChI is InChI=1S/C23H29N3O3/c1-17(2)15-26-12-13-29-19(16-26)14-24-23(28)20-10-6-7-11-21(20)25-22(27)18-8-4-3-5-9-18/h3-11,17,19H,12-16H2,1-2H3,(H,24,28)(H,25,27). The van der Waals surface area contributed by atoms with Crippen LogP contribution in [0.2, 0.25) is 0 Å². The largest absolute Gasteiger partial charge is 0.374 e. The maximum Gasteiger partial charge on any atom is 0.255 e. The highest BCUT2D eigenvalue weighted by molar-refractivity contribution is 6.08. The molecule has 29 heavy (non-hydrogen) atoms. The molecule has 0 radical (unpaired) electrons. The van der Waals surface area contributed by atoms with Gasteiger partial charge < -0.3 is 15.4 Å². The lowest BCUT2D eigenvalue weighted by Crippen LogP contribution is -2.48. The van der Waals surface area contributed by atoms with Gasteiger partial charge in [-0.1, -0.05) is 44.2 Å². The third kappa shape index (κ3) is 6.14. The molecule has 1 aliphatic heterocycles. The van der Waals surface area contributed by atoms with E-state index in [4.69, 9.17) is 4.74 Å². The molecule has 1 aliphatic rings. The molecule has 154 valence electrons. The van der Waals surface area contributed by atoms with E-state index in [1.165, 1.54) is 0 Å². The van der Waals surface area contributed by atoms with Crippen LogP contribution in [0.25, 0.3) is 0 Å². The number of nitrogens with zero attached hydrogens (tertiary/aromatic N) is 1. The molecule has 1 unspecified atom stereocenters. The van der Waals surface area contributed by atoms with Crippen LogP contribution in [0.4, 0.5) is 5.69 Å². The number of benzene rings is 2. The average Bonchev–Trinajstić information content (AvgIpc) is 2.73. The summed E-state index contributed by atoms with van der Waals surface area (Å²) >= 11 is 0. The monoisotopic (exact) mass is 395 g/mol. The van der Waals surface area contributed by atoms with Gasteiger partial charge in [-0.3, -0.25) is 14.5 Å². The Labute approximate surface area is 172 Å². The summed E-state index contributed by atoms with van der Waals surface area (Å²) in [6, 6.07) is 16.0. The molecule has 0 aliphatic carbocycles. The Morgan fingerprint density at radius 2 is 1.79 bits per heavy atom. The molecule has 0 aromatic heterocycles. The van der Waals surface area contributed by atoms with E-state index in [9.17, 15) is 9.59 Å². The highest BCUT2D eigenvalue weighted by Gasteiger charge is 2.22. The molecule has 1 fully saturated rings. The molecule has 1 atom stereocenters. The molecule has 0 spiro atoms. The van der Waals surface area contributed by atoms with Gasteiger partial charge in [0.2, 0.25) is 0 Å². The van der Waals surface area contributed by atoms with Crippen molar-refractivity contribution in [2.75, 3.05) is 38.1 Å². The lowest BCUT2D eigenvalue weighted by atomic mass is 10.1. The van der Waals surface area contributed by atoms with E-state index < -0.39 is 0 Å². The zero-order chi connectivity index (χ0) is 20.6. The molecular weight excluding hydrogens is 366 g/mol. The number of hydrogen-bond acceptors (Lipinski definition) is 4. The van der Waals surface area contributed by atoms with Crippen molar-refractivity contribution in [2.45, 2.75) is 20.0 Å². The first kappa shape index (κ1) is 21.0. The molecule has 2 aromatic carbocycles. The second-order valence-electron chi connectivity index (χ2n) is 7.72. The van der Waals surface area contributed by atoms with Gasteiger partial charge in [0.25, 0.3) is 11.8 Å². The minimum absolute atomic E-state index is 0.0301. The van der Waals surface area contributed by atoms with Crippen LogP contribution in [0, 0.1) is 5.92 Å². The van der Waals surface area contributed by atoms with Crippen LogP contribution in [-0.2, 0) is 4.74 Å². The number of carbonyl (C=O) groups excluding carboxylic acids is 2. The summed E-state index contributed by atoms with van der Waals surface area (Å²) in [5, 5.41) is 5.79. The molecule has 3 rings (SSSR count). The molecule has 6 nitrogen and oxygen atoms in total. The number of rotatable bonds is 7. The van der Waals surface area contributed by atoms with E-state index in [-0.39, 0.29) is 17.9 Å². The van der Waals surface area contributed by atoms with E-state index in [2.05, 4.69) is 29.4 Å². The van der Waals surface area contributed by atoms with E-state index in [1.807, 2.05) is 6.07 Å². The maximum absolute atomic E-state index is 12.8. The summed E-state index contributed by atoms with van der Waals surface area (Å²) in [4.78, 5) is 27.6. The maximum atomic E-state index is 12.8. The van der Waals surface area contributed by atoms with Gasteiger partial charge in [-0.2, -0.15) is 0 Å². The van der Waals surface area contributed by atoms with Crippen molar-refractivity contribution in [1.29, 1.82) is 0 Å². The molecule has 2 amide bonds. The number of morpholine rings is 1. The van der Waals surface area contributed by atoms with E-state index in [0.29, 0.717) is 35.9 Å². The van der Waals surface area contributed by atoms with Crippen molar-refractivity contribution in [2.24, 2.45) is 5.92 Å². The van der Waals surface area contributed by atoms with Crippen molar-refractivity contribution >= 4 is 17.5 Å². The average molecular weight is 396 g/mol. The topological polar surface area (TPSA) is 70.7 Å². The van der Waals surface area contributed by atoms with Crippen molar-refractivity contribution in [1.82, 2.24) is 10.2 Å². The Kier molecular flexibility index (Phi) is 7.38. The van der Waals surface area contributed by atoms with Crippen molar-refractivity contribution in [3.8, 4) is 0 Å². The quantitative estimate of drug-likeness (QED) is 0.756. The highest BCUT2D eigenvalue weighted by atomic mass is 16.5. The second kappa shape index (κ2) is 10.2. The van der Waals surface area contributed by atoms with E-state index in [1.54, 1.807) is 48.5 Å². The Morgan fingerprint density at radius 1 is 1.07 bits per heavy atom. The Morgan fingerprint density at radius 3 is 2.55 bits per heavy atom. The molecule has 6 heteroatoms. The van der Waals surface area contributed by atoms with Crippen molar-refractivity contribution in [3.05, 3.63) is 65.7 Å². The molecule has 2 N–H and O–H groups in total. The van der Waals surface area contributed by atoms with Gasteiger partial charge in [-0.15, -0.1) is 0 Å². The molecule has 0 saturated carbocycles. The first-order valence-electron chi connectivity index (χ1n) is 10.1. The lowest BCUT2D eigenvalue weighted by molar-refractivity contribution is -0.0295. The summed E-state index contributed by atoms with van der Waals surface area (Å²) in [6.07, 6.45) is -0.0301. The summed E-state index contributed by atoms with van der Waals surface area (Å²) in [6.45, 7) is 8.29. The van der Waals surface area contributed by atoms with Crippen molar-refractivity contribution < 1.29 is 14.3 Å². The van der Waals surface area contributed by atoms with Crippen molar-refractivity contribution in [3.63, 3.8) is 0 Å². The summed E-state index contributed by atoms with van der Waals surface area (Å²) in [7, 11) is 0. The first-order valence-corrected chi connectivity index (χ1v) is 10.1. The third-order valence-electron chi connectivity index (χ3n) is 4.79. The zero-order valence-electron chi connectivity index (χ0n) is 17.1. The number of ether oxygens (including phenoxy) is 1. The Hall–Kier alpha value is -2.70. The highest BCUT2D eigenvalue weighted by Crippen LogP contribution is 2.16. The van der Waals surface area contributed by atoms with Crippen LogP contribution < -0.4 is 10.6 Å². The fourth-order valence-corrected chi connectivity index (χ4v) is 3.46. The van der Waals surface area contributed by atoms with Crippen LogP contribution >= 0.6 is 0 Å². The van der Waals surface area contributed by atoms with Crippen LogP contribution in [0.3, 0.4) is 0 Å². The van der Waals surface area contributed by atoms with Crippen LogP contribution in [0.15, 0.2) is 54.6 Å². The number of anilines is 1. The second-order valence-corrected chi connectivity index (χ2v) is 7.72. The number of hydrogen-bond donors (Lipinski definition) is 2. The Balaban J connectivity index is 1.59. The predicted octanol–water partition coefficient (Wildman–Crippen LogP) is 3.03. The predicted molar refractivity (Wildman–Crippen MR) is 114 cm³/mol. The first-order chi connectivity index (χ1) is 14.0. The summed E-state index contributed by atoms with van der Waals surface area (Å²) in [5.74, 6) is 0.132. The number of para-hydroxylation sites is 1. The fourth-order valence-electron chi connectivity index (χ4n) is 3.46. The zero-order valence-corrected chi connectivity index (χ0v) is 17.1. The Bertz CT molecular complexity index is 823. The third-order valence-corrected chi connectivity index (χ3v) is 4.79. The van der Waals surface area contributed by atoms with Gasteiger partial charge in [-0.25, -0.2) is 0 Å². The summed E-state index contributed by atoms with van der Waals surface area (Å²) in [5.41, 5.74) is 1.47. The smallest absolute Gasteiger partial charge is 0.255 e. The molecular formula is C23H29N3O3. The molecule has 1 saturated heterocycles. The van der Waals surface area contributed by atoms with Gasteiger partial charge in [-0.05, 0) is 30.2 Å². The van der Waals surface area contributed by atoms with E-state index >= 15 is 0 Å². The van der Waals surface area contributed by atoms with Gasteiger partial charge in [0.05, 0.1) is 24.0 Å². The van der Waals surface area contributed by atoms with Gasteiger partial charge >= 0.3 is 0 Å². The fraction of sp³-hybridized carbons (Fsp3) is 0.391. The lowest BCUT2D eigenvalue weighted by Gasteiger charge is -2.34. The number of carbonyl (C=O) groups is 2. The summed E-state index contributed by atoms with van der Waals surface area (Å²) < 4.78 is 5.80. The van der Waals surface area contributed by atoms with Gasteiger partial charge in [0, 0.05) is 31.7 Å².